The van der Waals surface area contributed by atoms with Crippen LogP contribution in [0.4, 0.5) is 0 Å². The van der Waals surface area contributed by atoms with Gasteiger partial charge in [-0.15, -0.1) is 13.2 Å². The molecular formula is C26H38O. The lowest BCUT2D eigenvalue weighted by Crippen LogP contribution is -2.25. The van der Waals surface area contributed by atoms with Crippen molar-refractivity contribution >= 4 is 0 Å². The third-order valence-electron chi connectivity index (χ3n) is 7.08. The highest BCUT2D eigenvalue weighted by atomic mass is 16.5. The molecule has 0 N–H and O–H groups in total. The molecule has 0 aliphatic heterocycles. The van der Waals surface area contributed by atoms with Gasteiger partial charge in [0.05, 0.1) is 13.2 Å². The standard InChI is InChI=1S/C26H38O/c1-3-19-27-20-24-9-7-22(8-10-24)5-6-23-13-17-26(18-14-23)25-15-11-21(4-2)12-16-25/h3-4,7-10,21,23,25-26H,1-2,5-6,11-20H2. The Morgan fingerprint density at radius 1 is 0.815 bits per heavy atom. The number of hydrogen-bond acceptors (Lipinski definition) is 1. The summed E-state index contributed by atoms with van der Waals surface area (Å²) in [6.07, 6.45) is 18.1. The molecule has 0 radical (unpaired) electrons. The van der Waals surface area contributed by atoms with Gasteiger partial charge in [0.1, 0.15) is 0 Å². The number of allylic oxidation sites excluding steroid dienone is 1. The summed E-state index contributed by atoms with van der Waals surface area (Å²) < 4.78 is 5.51. The molecule has 0 saturated heterocycles. The van der Waals surface area contributed by atoms with Crippen LogP contribution in [-0.2, 0) is 17.8 Å². The summed E-state index contributed by atoms with van der Waals surface area (Å²) in [7, 11) is 0. The lowest BCUT2D eigenvalue weighted by molar-refractivity contribution is 0.149. The monoisotopic (exact) mass is 366 g/mol. The lowest BCUT2D eigenvalue weighted by atomic mass is 9.68. The van der Waals surface area contributed by atoms with Gasteiger partial charge >= 0.3 is 0 Å². The Labute approximate surface area is 166 Å². The minimum Gasteiger partial charge on any atom is -0.373 e. The molecule has 148 valence electrons. The zero-order valence-corrected chi connectivity index (χ0v) is 17.1. The lowest BCUT2D eigenvalue weighted by Gasteiger charge is -2.37. The van der Waals surface area contributed by atoms with E-state index < -0.39 is 0 Å². The topological polar surface area (TPSA) is 9.23 Å². The van der Waals surface area contributed by atoms with Gasteiger partial charge in [0.2, 0.25) is 0 Å². The number of rotatable bonds is 9. The summed E-state index contributed by atoms with van der Waals surface area (Å²) in [6.45, 7) is 8.98. The Morgan fingerprint density at radius 2 is 1.41 bits per heavy atom. The van der Waals surface area contributed by atoms with Crippen LogP contribution in [0.2, 0.25) is 0 Å². The molecule has 1 aromatic carbocycles. The van der Waals surface area contributed by atoms with Crippen molar-refractivity contribution in [2.45, 2.75) is 70.8 Å². The second kappa shape index (κ2) is 10.9. The van der Waals surface area contributed by atoms with E-state index in [2.05, 4.69) is 43.5 Å². The van der Waals surface area contributed by atoms with Gasteiger partial charge in [-0.1, -0.05) is 49.3 Å². The first-order valence-electron chi connectivity index (χ1n) is 11.2. The first kappa shape index (κ1) is 20.4. The highest BCUT2D eigenvalue weighted by molar-refractivity contribution is 5.22. The molecule has 2 aliphatic rings. The first-order chi connectivity index (χ1) is 13.3. The maximum atomic E-state index is 5.51. The fraction of sp³-hybridized carbons (Fsp3) is 0.615. The maximum Gasteiger partial charge on any atom is 0.0721 e. The maximum absolute atomic E-state index is 5.51. The minimum absolute atomic E-state index is 0.625. The highest BCUT2D eigenvalue weighted by Gasteiger charge is 2.30. The van der Waals surface area contributed by atoms with E-state index in [1.165, 1.54) is 75.3 Å². The largest absolute Gasteiger partial charge is 0.373 e. The van der Waals surface area contributed by atoms with Crippen LogP contribution in [0.1, 0.15) is 68.9 Å². The summed E-state index contributed by atoms with van der Waals surface area (Å²) in [6, 6.07) is 9.01. The molecular weight excluding hydrogens is 328 g/mol. The zero-order chi connectivity index (χ0) is 18.9. The summed E-state index contributed by atoms with van der Waals surface area (Å²) in [5, 5.41) is 0. The molecule has 2 aliphatic carbocycles. The number of hydrogen-bond donors (Lipinski definition) is 0. The molecule has 27 heavy (non-hydrogen) atoms. The Bertz CT molecular complexity index is 556. The summed E-state index contributed by atoms with van der Waals surface area (Å²) in [5.74, 6) is 3.78. The average Bonchev–Trinajstić information content (AvgIpc) is 2.74. The summed E-state index contributed by atoms with van der Waals surface area (Å²) in [5.41, 5.74) is 2.74. The van der Waals surface area contributed by atoms with Crippen LogP contribution in [0.3, 0.4) is 0 Å². The van der Waals surface area contributed by atoms with Gasteiger partial charge < -0.3 is 4.74 Å². The van der Waals surface area contributed by atoms with Crippen molar-refractivity contribution in [1.82, 2.24) is 0 Å². The third kappa shape index (κ3) is 6.35. The van der Waals surface area contributed by atoms with Crippen molar-refractivity contribution in [3.05, 3.63) is 60.7 Å². The fourth-order valence-electron chi connectivity index (χ4n) is 5.23. The third-order valence-corrected chi connectivity index (χ3v) is 7.08. The smallest absolute Gasteiger partial charge is 0.0721 e. The number of aryl methyl sites for hydroxylation is 1. The van der Waals surface area contributed by atoms with Gasteiger partial charge in [-0.05, 0) is 86.2 Å². The molecule has 0 amide bonds. The molecule has 1 heteroatoms. The van der Waals surface area contributed by atoms with E-state index in [1.54, 1.807) is 6.08 Å². The SMILES string of the molecule is C=CCOCc1ccc(CCC2CCC(C3CCC(C=C)CC3)CC2)cc1. The molecule has 2 saturated carbocycles. The Hall–Kier alpha value is -1.34. The van der Waals surface area contributed by atoms with Crippen molar-refractivity contribution in [2.24, 2.45) is 23.7 Å². The second-order valence-corrected chi connectivity index (χ2v) is 8.85. The van der Waals surface area contributed by atoms with Crippen molar-refractivity contribution in [3.8, 4) is 0 Å². The zero-order valence-electron chi connectivity index (χ0n) is 17.1. The van der Waals surface area contributed by atoms with E-state index in [0.717, 1.165) is 23.7 Å². The fourth-order valence-corrected chi connectivity index (χ4v) is 5.23. The van der Waals surface area contributed by atoms with Gasteiger partial charge in [-0.2, -0.15) is 0 Å². The molecule has 0 atom stereocenters. The van der Waals surface area contributed by atoms with E-state index in [9.17, 15) is 0 Å². The molecule has 1 aromatic rings. The van der Waals surface area contributed by atoms with E-state index in [1.807, 2.05) is 0 Å². The molecule has 0 spiro atoms. The molecule has 1 nitrogen and oxygen atoms in total. The Morgan fingerprint density at radius 3 is 2.00 bits per heavy atom. The van der Waals surface area contributed by atoms with Gasteiger partial charge in [0, 0.05) is 0 Å². The van der Waals surface area contributed by atoms with Gasteiger partial charge in [0.15, 0.2) is 0 Å². The molecule has 0 unspecified atom stereocenters. The Kier molecular flexibility index (Phi) is 8.20. The van der Waals surface area contributed by atoms with Crippen LogP contribution in [0.25, 0.3) is 0 Å². The molecule has 0 aromatic heterocycles. The number of benzene rings is 1. The van der Waals surface area contributed by atoms with Crippen LogP contribution in [-0.4, -0.2) is 6.61 Å². The second-order valence-electron chi connectivity index (χ2n) is 8.85. The average molecular weight is 367 g/mol. The summed E-state index contributed by atoms with van der Waals surface area (Å²) in [4.78, 5) is 0. The molecule has 2 fully saturated rings. The van der Waals surface area contributed by atoms with Crippen molar-refractivity contribution in [1.29, 1.82) is 0 Å². The van der Waals surface area contributed by atoms with Crippen molar-refractivity contribution in [2.75, 3.05) is 6.61 Å². The van der Waals surface area contributed by atoms with Crippen molar-refractivity contribution < 1.29 is 4.74 Å². The van der Waals surface area contributed by atoms with E-state index in [4.69, 9.17) is 4.74 Å². The van der Waals surface area contributed by atoms with Crippen molar-refractivity contribution in [3.63, 3.8) is 0 Å². The van der Waals surface area contributed by atoms with Crippen LogP contribution in [0, 0.1) is 23.7 Å². The minimum atomic E-state index is 0.625. The van der Waals surface area contributed by atoms with Crippen LogP contribution >= 0.6 is 0 Å². The van der Waals surface area contributed by atoms with Crippen LogP contribution in [0.15, 0.2) is 49.6 Å². The molecule has 3 rings (SSSR count). The van der Waals surface area contributed by atoms with Gasteiger partial charge in [-0.25, -0.2) is 0 Å². The summed E-state index contributed by atoms with van der Waals surface area (Å²) >= 11 is 0. The van der Waals surface area contributed by atoms with Gasteiger partial charge in [-0.3, -0.25) is 0 Å². The Balaban J connectivity index is 1.34. The van der Waals surface area contributed by atoms with E-state index in [0.29, 0.717) is 13.2 Å². The molecule has 0 bridgehead atoms. The van der Waals surface area contributed by atoms with E-state index >= 15 is 0 Å². The van der Waals surface area contributed by atoms with Crippen LogP contribution in [0.5, 0.6) is 0 Å². The quantitative estimate of drug-likeness (QED) is 0.334. The highest BCUT2D eigenvalue weighted by Crippen LogP contribution is 2.42. The predicted molar refractivity (Wildman–Crippen MR) is 116 cm³/mol. The number of ether oxygens (including phenoxy) is 1. The molecule has 0 heterocycles. The normalized spacial score (nSPS) is 28.6. The van der Waals surface area contributed by atoms with Gasteiger partial charge in [0.25, 0.3) is 0 Å². The van der Waals surface area contributed by atoms with E-state index in [-0.39, 0.29) is 0 Å². The first-order valence-corrected chi connectivity index (χ1v) is 11.2. The van der Waals surface area contributed by atoms with Crippen LogP contribution < -0.4 is 0 Å². The predicted octanol–water partition coefficient (Wildman–Crippen LogP) is 7.12.